The summed E-state index contributed by atoms with van der Waals surface area (Å²) in [6.45, 7) is 2.00. The molecule has 0 atom stereocenters. The van der Waals surface area contributed by atoms with Gasteiger partial charge in [-0.1, -0.05) is 6.07 Å². The molecule has 0 heterocycles. The van der Waals surface area contributed by atoms with E-state index >= 15 is 0 Å². The van der Waals surface area contributed by atoms with Gasteiger partial charge in [-0.25, -0.2) is 0 Å². The number of anilines is 3. The van der Waals surface area contributed by atoms with Gasteiger partial charge in [-0.2, -0.15) is 5.26 Å². The summed E-state index contributed by atoms with van der Waals surface area (Å²) in [5.41, 5.74) is 10.00. The molecule has 0 amide bonds. The minimum atomic E-state index is 0.647. The van der Waals surface area contributed by atoms with Crippen LogP contribution in [0.4, 0.5) is 17.1 Å². The minimum Gasteiger partial charge on any atom is -0.399 e. The molecule has 0 spiro atoms. The Hall–Kier alpha value is -2.47. The van der Waals surface area contributed by atoms with Crippen LogP contribution in [0.25, 0.3) is 0 Å². The smallest absolute Gasteiger partial charge is 0.0992 e. The molecule has 2 aromatic carbocycles. The highest BCUT2D eigenvalue weighted by Gasteiger charge is 2.00. The van der Waals surface area contributed by atoms with Crippen molar-refractivity contribution >= 4 is 17.1 Å². The van der Waals surface area contributed by atoms with Crippen LogP contribution in [-0.4, -0.2) is 0 Å². The first-order valence-corrected chi connectivity index (χ1v) is 5.32. The molecule has 0 unspecified atom stereocenters. The Bertz CT molecular complexity index is 565. The third-order valence-electron chi connectivity index (χ3n) is 2.56. The van der Waals surface area contributed by atoms with Crippen LogP contribution < -0.4 is 11.1 Å². The molecule has 0 bridgehead atoms. The third-order valence-corrected chi connectivity index (χ3v) is 2.56. The second kappa shape index (κ2) is 4.58. The van der Waals surface area contributed by atoms with Crippen molar-refractivity contribution in [3.05, 3.63) is 53.6 Å². The van der Waals surface area contributed by atoms with E-state index in [2.05, 4.69) is 11.4 Å². The molecule has 0 saturated heterocycles. The number of nitriles is 1. The van der Waals surface area contributed by atoms with Gasteiger partial charge >= 0.3 is 0 Å². The maximum absolute atomic E-state index is 8.86. The van der Waals surface area contributed by atoms with Gasteiger partial charge < -0.3 is 11.1 Å². The van der Waals surface area contributed by atoms with Crippen LogP contribution in [0.15, 0.2) is 42.5 Å². The normalized spacial score (nSPS) is 9.65. The Morgan fingerprint density at radius 1 is 1.12 bits per heavy atom. The highest BCUT2D eigenvalue weighted by Crippen LogP contribution is 2.22. The maximum atomic E-state index is 8.86. The van der Waals surface area contributed by atoms with Gasteiger partial charge in [0.05, 0.1) is 11.6 Å². The van der Waals surface area contributed by atoms with E-state index in [0.29, 0.717) is 5.56 Å². The Morgan fingerprint density at radius 3 is 2.47 bits per heavy atom. The molecule has 0 radical (unpaired) electrons. The van der Waals surface area contributed by atoms with Gasteiger partial charge in [-0.15, -0.1) is 0 Å². The van der Waals surface area contributed by atoms with Crippen molar-refractivity contribution in [1.82, 2.24) is 0 Å². The zero-order valence-electron chi connectivity index (χ0n) is 9.57. The maximum Gasteiger partial charge on any atom is 0.0992 e. The monoisotopic (exact) mass is 223 g/mol. The second-order valence-corrected chi connectivity index (χ2v) is 3.89. The molecule has 2 aromatic rings. The highest BCUT2D eigenvalue weighted by molar-refractivity contribution is 5.66. The van der Waals surface area contributed by atoms with Gasteiger partial charge in [-0.05, 0) is 48.9 Å². The molecule has 0 aliphatic heterocycles. The Kier molecular flexibility index (Phi) is 2.97. The van der Waals surface area contributed by atoms with Gasteiger partial charge in [0.15, 0.2) is 0 Å². The minimum absolute atomic E-state index is 0.647. The Labute approximate surface area is 101 Å². The van der Waals surface area contributed by atoms with Crippen molar-refractivity contribution in [2.45, 2.75) is 6.92 Å². The molecule has 0 aromatic heterocycles. The molecule has 0 aliphatic rings. The van der Waals surface area contributed by atoms with Crippen LogP contribution in [0.3, 0.4) is 0 Å². The molecule has 17 heavy (non-hydrogen) atoms. The number of benzene rings is 2. The quantitative estimate of drug-likeness (QED) is 0.768. The molecule has 3 N–H and O–H groups in total. The Balaban J connectivity index is 2.29. The van der Waals surface area contributed by atoms with Gasteiger partial charge in [0.1, 0.15) is 0 Å². The zero-order chi connectivity index (χ0) is 12.3. The molecule has 84 valence electrons. The first kappa shape index (κ1) is 11.0. The van der Waals surface area contributed by atoms with E-state index in [1.807, 2.05) is 49.4 Å². The van der Waals surface area contributed by atoms with Crippen molar-refractivity contribution in [2.24, 2.45) is 0 Å². The van der Waals surface area contributed by atoms with Crippen LogP contribution in [0.5, 0.6) is 0 Å². The van der Waals surface area contributed by atoms with Crippen molar-refractivity contribution in [1.29, 1.82) is 5.26 Å². The number of hydrogen-bond acceptors (Lipinski definition) is 3. The molecular formula is C14H13N3. The molecule has 2 rings (SSSR count). The summed E-state index contributed by atoms with van der Waals surface area (Å²) >= 11 is 0. The lowest BCUT2D eigenvalue weighted by Crippen LogP contribution is -1.94. The molecule has 0 aliphatic carbocycles. The highest BCUT2D eigenvalue weighted by atomic mass is 14.9. The van der Waals surface area contributed by atoms with Gasteiger partial charge in [0.2, 0.25) is 0 Å². The number of nitrogen functional groups attached to an aromatic ring is 1. The van der Waals surface area contributed by atoms with Crippen molar-refractivity contribution < 1.29 is 0 Å². The van der Waals surface area contributed by atoms with E-state index in [-0.39, 0.29) is 0 Å². The van der Waals surface area contributed by atoms with E-state index in [9.17, 15) is 0 Å². The molecule has 3 heteroatoms. The van der Waals surface area contributed by atoms with E-state index in [1.54, 1.807) is 0 Å². The Morgan fingerprint density at radius 2 is 1.82 bits per heavy atom. The van der Waals surface area contributed by atoms with Crippen LogP contribution >= 0.6 is 0 Å². The van der Waals surface area contributed by atoms with Crippen molar-refractivity contribution in [2.75, 3.05) is 11.1 Å². The molecule has 3 nitrogen and oxygen atoms in total. The molecule has 0 saturated carbocycles. The zero-order valence-corrected chi connectivity index (χ0v) is 9.57. The summed E-state index contributed by atoms with van der Waals surface area (Å²) < 4.78 is 0. The van der Waals surface area contributed by atoms with E-state index in [1.165, 1.54) is 0 Å². The van der Waals surface area contributed by atoms with Gasteiger partial charge in [0, 0.05) is 17.1 Å². The number of nitrogens with one attached hydrogen (secondary N) is 1. The predicted octanol–water partition coefficient (Wildman–Crippen LogP) is 3.19. The lowest BCUT2D eigenvalue weighted by molar-refractivity contribution is 1.40. The van der Waals surface area contributed by atoms with Gasteiger partial charge in [-0.3, -0.25) is 0 Å². The standard InChI is InChI=1S/C14H13N3/c1-10-2-3-11(9-15)8-14(10)17-13-6-4-12(16)5-7-13/h2-8,17H,16H2,1H3. The topological polar surface area (TPSA) is 61.8 Å². The number of aryl methyl sites for hydroxylation is 1. The van der Waals surface area contributed by atoms with Crippen molar-refractivity contribution in [3.63, 3.8) is 0 Å². The lowest BCUT2D eigenvalue weighted by Gasteiger charge is -2.10. The first-order chi connectivity index (χ1) is 8.19. The fraction of sp³-hybridized carbons (Fsp3) is 0.0714. The summed E-state index contributed by atoms with van der Waals surface area (Å²) in [4.78, 5) is 0. The lowest BCUT2D eigenvalue weighted by atomic mass is 10.1. The largest absolute Gasteiger partial charge is 0.399 e. The molecule has 0 fully saturated rings. The van der Waals surface area contributed by atoms with Crippen LogP contribution in [0.2, 0.25) is 0 Å². The van der Waals surface area contributed by atoms with Crippen LogP contribution in [-0.2, 0) is 0 Å². The SMILES string of the molecule is Cc1ccc(C#N)cc1Nc1ccc(N)cc1. The molecular weight excluding hydrogens is 210 g/mol. The predicted molar refractivity (Wildman–Crippen MR) is 70.0 cm³/mol. The van der Waals surface area contributed by atoms with Crippen LogP contribution in [0.1, 0.15) is 11.1 Å². The summed E-state index contributed by atoms with van der Waals surface area (Å²) in [5.74, 6) is 0. The first-order valence-electron chi connectivity index (χ1n) is 5.32. The van der Waals surface area contributed by atoms with E-state index in [0.717, 1.165) is 22.6 Å². The number of nitrogens with zero attached hydrogens (tertiary/aromatic N) is 1. The fourth-order valence-corrected chi connectivity index (χ4v) is 1.55. The summed E-state index contributed by atoms with van der Waals surface area (Å²) in [7, 11) is 0. The number of hydrogen-bond donors (Lipinski definition) is 2. The summed E-state index contributed by atoms with van der Waals surface area (Å²) in [5, 5.41) is 12.1. The average molecular weight is 223 g/mol. The number of nitrogens with two attached hydrogens (primary N) is 1. The average Bonchev–Trinajstić information content (AvgIpc) is 2.35. The van der Waals surface area contributed by atoms with Gasteiger partial charge in [0.25, 0.3) is 0 Å². The van der Waals surface area contributed by atoms with Crippen molar-refractivity contribution in [3.8, 4) is 6.07 Å². The van der Waals surface area contributed by atoms with E-state index in [4.69, 9.17) is 11.0 Å². The fourth-order valence-electron chi connectivity index (χ4n) is 1.55. The van der Waals surface area contributed by atoms with E-state index < -0.39 is 0 Å². The van der Waals surface area contributed by atoms with Crippen LogP contribution in [0, 0.1) is 18.3 Å². The third kappa shape index (κ3) is 2.56. The summed E-state index contributed by atoms with van der Waals surface area (Å²) in [6, 6.07) is 15.2. The number of rotatable bonds is 2. The summed E-state index contributed by atoms with van der Waals surface area (Å²) in [6.07, 6.45) is 0. The second-order valence-electron chi connectivity index (χ2n) is 3.89.